The highest BCUT2D eigenvalue weighted by molar-refractivity contribution is 5.78. The van der Waals surface area contributed by atoms with Crippen LogP contribution in [0.25, 0.3) is 0 Å². The molecule has 0 aromatic rings. The highest BCUT2D eigenvalue weighted by atomic mass is 16.1. The van der Waals surface area contributed by atoms with E-state index < -0.39 is 0 Å². The molecule has 0 spiro atoms. The molecule has 0 saturated heterocycles. The fourth-order valence-electron chi connectivity index (χ4n) is 4.54. The lowest BCUT2D eigenvalue weighted by Gasteiger charge is -2.60. The van der Waals surface area contributed by atoms with Crippen molar-refractivity contribution in [1.82, 2.24) is 5.32 Å². The quantitative estimate of drug-likeness (QED) is 0.753. The summed E-state index contributed by atoms with van der Waals surface area (Å²) in [5, 5.41) is 3.37. The molecule has 0 aliphatic heterocycles. The van der Waals surface area contributed by atoms with Crippen LogP contribution in [0.1, 0.15) is 68.7 Å². The van der Waals surface area contributed by atoms with E-state index in [1.165, 1.54) is 6.42 Å². The number of rotatable bonds is 6. The predicted octanol–water partition coefficient (Wildman–Crippen LogP) is 4.74. The van der Waals surface area contributed by atoms with Crippen LogP contribution >= 0.6 is 0 Å². The second-order valence-electron chi connectivity index (χ2n) is 8.61. The molecule has 124 valence electrons. The van der Waals surface area contributed by atoms with E-state index in [0.29, 0.717) is 23.2 Å². The van der Waals surface area contributed by atoms with Gasteiger partial charge in [0, 0.05) is 12.0 Å². The standard InChI is InChI=1S/C19H37NO/c1-11(2)16(19(9)14(7)10-15(19)8)17(12(3)4)20-18(21)13(5)6/h11-17H,10H2,1-9H3,(H,20,21). The van der Waals surface area contributed by atoms with Crippen LogP contribution in [0.2, 0.25) is 0 Å². The van der Waals surface area contributed by atoms with E-state index in [4.69, 9.17) is 0 Å². The van der Waals surface area contributed by atoms with Crippen LogP contribution in [0.4, 0.5) is 0 Å². The summed E-state index contributed by atoms with van der Waals surface area (Å²) in [7, 11) is 0. The molecular weight excluding hydrogens is 258 g/mol. The van der Waals surface area contributed by atoms with Crippen molar-refractivity contribution in [2.75, 3.05) is 0 Å². The number of hydrogen-bond donors (Lipinski definition) is 1. The SMILES string of the molecule is CC(C)C(=O)NC(C(C)C)C(C(C)C)C1(C)C(C)CC1C. The molecule has 0 bridgehead atoms. The monoisotopic (exact) mass is 295 g/mol. The number of nitrogens with one attached hydrogen (secondary N) is 1. The molecule has 0 aromatic carbocycles. The normalized spacial score (nSPS) is 32.2. The summed E-state index contributed by atoms with van der Waals surface area (Å²) in [6, 6.07) is 0.273. The van der Waals surface area contributed by atoms with Crippen molar-refractivity contribution in [3.05, 3.63) is 0 Å². The molecule has 0 heterocycles. The summed E-state index contributed by atoms with van der Waals surface area (Å²) in [6.07, 6.45) is 1.32. The molecule has 21 heavy (non-hydrogen) atoms. The average Bonchev–Trinajstić information content (AvgIpc) is 2.36. The van der Waals surface area contributed by atoms with Gasteiger partial charge in [0.25, 0.3) is 0 Å². The van der Waals surface area contributed by atoms with Crippen LogP contribution in [-0.2, 0) is 4.79 Å². The summed E-state index contributed by atoms with van der Waals surface area (Å²) in [5.41, 5.74) is 0.341. The Bertz CT molecular complexity index is 351. The van der Waals surface area contributed by atoms with Gasteiger partial charge in [0.15, 0.2) is 0 Å². The average molecular weight is 296 g/mol. The third kappa shape index (κ3) is 3.46. The van der Waals surface area contributed by atoms with Crippen molar-refractivity contribution in [2.45, 2.75) is 74.8 Å². The maximum absolute atomic E-state index is 12.3. The molecule has 1 aliphatic carbocycles. The van der Waals surface area contributed by atoms with Crippen LogP contribution in [0.15, 0.2) is 0 Å². The molecule has 4 unspecified atom stereocenters. The number of amides is 1. The molecule has 2 heteroatoms. The lowest BCUT2D eigenvalue weighted by molar-refractivity contribution is -0.131. The molecule has 1 fully saturated rings. The largest absolute Gasteiger partial charge is 0.353 e. The lowest BCUT2D eigenvalue weighted by Crippen LogP contribution is -2.59. The maximum atomic E-state index is 12.3. The highest BCUT2D eigenvalue weighted by Crippen LogP contribution is 2.59. The van der Waals surface area contributed by atoms with E-state index in [1.54, 1.807) is 0 Å². The molecule has 1 saturated carbocycles. The van der Waals surface area contributed by atoms with Gasteiger partial charge in [0.1, 0.15) is 0 Å². The van der Waals surface area contributed by atoms with E-state index >= 15 is 0 Å². The van der Waals surface area contributed by atoms with Gasteiger partial charge < -0.3 is 5.32 Å². The lowest BCUT2D eigenvalue weighted by atomic mass is 9.46. The molecule has 1 N–H and O–H groups in total. The number of carbonyl (C=O) groups excluding carboxylic acids is 1. The minimum atomic E-state index is 0.0584. The van der Waals surface area contributed by atoms with Gasteiger partial charge in [-0.1, -0.05) is 62.3 Å². The first-order valence-corrected chi connectivity index (χ1v) is 8.83. The zero-order chi connectivity index (χ0) is 16.5. The zero-order valence-corrected chi connectivity index (χ0v) is 15.7. The molecule has 0 radical (unpaired) electrons. The Morgan fingerprint density at radius 3 is 1.76 bits per heavy atom. The molecule has 1 amide bonds. The molecule has 4 atom stereocenters. The van der Waals surface area contributed by atoms with Crippen molar-refractivity contribution >= 4 is 5.91 Å². The third-order valence-corrected chi connectivity index (χ3v) is 6.21. The van der Waals surface area contributed by atoms with Gasteiger partial charge >= 0.3 is 0 Å². The smallest absolute Gasteiger partial charge is 0.222 e. The third-order valence-electron chi connectivity index (χ3n) is 6.21. The van der Waals surface area contributed by atoms with Crippen LogP contribution in [-0.4, -0.2) is 11.9 Å². The minimum absolute atomic E-state index is 0.0584. The van der Waals surface area contributed by atoms with Gasteiger partial charge in [0.2, 0.25) is 5.91 Å². The second-order valence-corrected chi connectivity index (χ2v) is 8.61. The first-order valence-electron chi connectivity index (χ1n) is 8.83. The van der Waals surface area contributed by atoms with Crippen molar-refractivity contribution in [2.24, 2.45) is 40.9 Å². The minimum Gasteiger partial charge on any atom is -0.353 e. The first-order chi connectivity index (χ1) is 9.53. The van der Waals surface area contributed by atoms with E-state index in [2.05, 4.69) is 53.8 Å². The Hall–Kier alpha value is -0.530. The van der Waals surface area contributed by atoms with E-state index in [1.807, 2.05) is 13.8 Å². The molecule has 2 nitrogen and oxygen atoms in total. The fourth-order valence-corrected chi connectivity index (χ4v) is 4.54. The summed E-state index contributed by atoms with van der Waals surface area (Å²) in [5.74, 6) is 3.34. The predicted molar refractivity (Wildman–Crippen MR) is 91.0 cm³/mol. The van der Waals surface area contributed by atoms with Crippen LogP contribution in [0.3, 0.4) is 0 Å². The molecule has 0 aromatic heterocycles. The van der Waals surface area contributed by atoms with Gasteiger partial charge in [-0.3, -0.25) is 4.79 Å². The number of carbonyl (C=O) groups is 1. The van der Waals surface area contributed by atoms with Gasteiger partial charge in [-0.25, -0.2) is 0 Å². The Labute approximate surface area is 132 Å². The second kappa shape index (κ2) is 6.71. The van der Waals surface area contributed by atoms with Crippen molar-refractivity contribution in [1.29, 1.82) is 0 Å². The Morgan fingerprint density at radius 2 is 1.48 bits per heavy atom. The van der Waals surface area contributed by atoms with Crippen molar-refractivity contribution in [3.8, 4) is 0 Å². The fraction of sp³-hybridized carbons (Fsp3) is 0.947. The van der Waals surface area contributed by atoms with Gasteiger partial charge in [0.05, 0.1) is 0 Å². The van der Waals surface area contributed by atoms with Crippen LogP contribution in [0, 0.1) is 40.9 Å². The summed E-state index contributed by atoms with van der Waals surface area (Å²) in [4.78, 5) is 12.3. The number of hydrogen-bond acceptors (Lipinski definition) is 1. The van der Waals surface area contributed by atoms with E-state index in [9.17, 15) is 4.79 Å². The van der Waals surface area contributed by atoms with E-state index in [0.717, 1.165) is 11.8 Å². The topological polar surface area (TPSA) is 29.1 Å². The van der Waals surface area contributed by atoms with Crippen LogP contribution in [0.5, 0.6) is 0 Å². The Balaban J connectivity index is 3.08. The summed E-state index contributed by atoms with van der Waals surface area (Å²) < 4.78 is 0. The van der Waals surface area contributed by atoms with Crippen molar-refractivity contribution < 1.29 is 4.79 Å². The highest BCUT2D eigenvalue weighted by Gasteiger charge is 2.54. The van der Waals surface area contributed by atoms with Crippen molar-refractivity contribution in [3.63, 3.8) is 0 Å². The van der Waals surface area contributed by atoms with E-state index in [-0.39, 0.29) is 17.9 Å². The maximum Gasteiger partial charge on any atom is 0.222 e. The van der Waals surface area contributed by atoms with Gasteiger partial charge in [-0.15, -0.1) is 0 Å². The Kier molecular flexibility index (Phi) is 5.91. The molecule has 1 rings (SSSR count). The molecular formula is C19H37NO. The van der Waals surface area contributed by atoms with Gasteiger partial charge in [-0.2, -0.15) is 0 Å². The summed E-state index contributed by atoms with van der Waals surface area (Å²) in [6.45, 7) is 20.3. The summed E-state index contributed by atoms with van der Waals surface area (Å²) >= 11 is 0. The molecule has 1 aliphatic rings. The Morgan fingerprint density at radius 1 is 1.00 bits per heavy atom. The van der Waals surface area contributed by atoms with Gasteiger partial charge in [-0.05, 0) is 41.4 Å². The first kappa shape index (κ1) is 18.5. The zero-order valence-electron chi connectivity index (χ0n) is 15.7. The van der Waals surface area contributed by atoms with Crippen LogP contribution < -0.4 is 5.32 Å².